The van der Waals surface area contributed by atoms with Gasteiger partial charge in [-0.2, -0.15) is 0 Å². The Morgan fingerprint density at radius 1 is 1.28 bits per heavy atom. The van der Waals surface area contributed by atoms with E-state index in [-0.39, 0.29) is 12.6 Å². The minimum atomic E-state index is -0.933. The van der Waals surface area contributed by atoms with Gasteiger partial charge in [0.2, 0.25) is 0 Å². The van der Waals surface area contributed by atoms with Gasteiger partial charge in [0, 0.05) is 26.2 Å². The molecule has 2 rings (SSSR count). The molecule has 18 heavy (non-hydrogen) atoms. The topological polar surface area (TPSA) is 72.9 Å². The number of carbonyl (C=O) groups excluding carboxylic acids is 1. The maximum atomic E-state index is 12.3. The minimum Gasteiger partial charge on any atom is -0.480 e. The molecular formula is C12H21N3O3. The summed E-state index contributed by atoms with van der Waals surface area (Å²) in [6.07, 6.45) is 3.16. The Labute approximate surface area is 107 Å². The van der Waals surface area contributed by atoms with E-state index in [9.17, 15) is 9.59 Å². The lowest BCUT2D eigenvalue weighted by atomic mass is 10.3. The molecule has 0 aromatic carbocycles. The summed E-state index contributed by atoms with van der Waals surface area (Å²) in [5.41, 5.74) is 0. The average Bonchev–Trinajstić information content (AvgIpc) is 3.13. The monoisotopic (exact) mass is 255 g/mol. The predicted octanol–water partition coefficient (Wildman–Crippen LogP) is 0.198. The summed E-state index contributed by atoms with van der Waals surface area (Å²) in [6, 6.07) is -0.118. The van der Waals surface area contributed by atoms with Crippen molar-refractivity contribution in [2.24, 2.45) is 5.92 Å². The summed E-state index contributed by atoms with van der Waals surface area (Å²) in [7, 11) is 0. The smallest absolute Gasteiger partial charge is 0.323 e. The molecule has 2 fully saturated rings. The molecule has 102 valence electrons. The molecule has 1 saturated carbocycles. The first kappa shape index (κ1) is 13.1. The van der Waals surface area contributed by atoms with Crippen LogP contribution in [0.1, 0.15) is 19.3 Å². The Morgan fingerprint density at radius 3 is 2.72 bits per heavy atom. The molecule has 0 aromatic rings. The first-order valence-electron chi connectivity index (χ1n) is 6.63. The van der Waals surface area contributed by atoms with Crippen molar-refractivity contribution < 1.29 is 14.7 Å². The van der Waals surface area contributed by atoms with Crippen LogP contribution in [-0.2, 0) is 4.79 Å². The number of carboxylic acids is 1. The van der Waals surface area contributed by atoms with Gasteiger partial charge in [0.05, 0.1) is 0 Å². The van der Waals surface area contributed by atoms with Crippen molar-refractivity contribution in [1.82, 2.24) is 15.1 Å². The number of hydrogen-bond donors (Lipinski definition) is 2. The Hall–Kier alpha value is -1.30. The normalized spacial score (nSPS) is 20.3. The predicted molar refractivity (Wildman–Crippen MR) is 66.4 cm³/mol. The van der Waals surface area contributed by atoms with Crippen LogP contribution in [0.5, 0.6) is 0 Å². The highest BCUT2D eigenvalue weighted by Crippen LogP contribution is 2.30. The van der Waals surface area contributed by atoms with Crippen LogP contribution in [0.2, 0.25) is 0 Å². The lowest BCUT2D eigenvalue weighted by Gasteiger charge is -2.28. The van der Waals surface area contributed by atoms with Crippen molar-refractivity contribution in [3.05, 3.63) is 0 Å². The van der Waals surface area contributed by atoms with Crippen LogP contribution in [0, 0.1) is 5.92 Å². The van der Waals surface area contributed by atoms with Crippen LogP contribution in [0.25, 0.3) is 0 Å². The van der Waals surface area contributed by atoms with Gasteiger partial charge in [-0.3, -0.25) is 4.79 Å². The molecule has 0 atom stereocenters. The van der Waals surface area contributed by atoms with Crippen molar-refractivity contribution >= 4 is 12.0 Å². The van der Waals surface area contributed by atoms with E-state index in [0.717, 1.165) is 32.4 Å². The Kier molecular flexibility index (Phi) is 4.41. The number of nitrogens with zero attached hydrogens (tertiary/aromatic N) is 2. The molecule has 6 heteroatoms. The van der Waals surface area contributed by atoms with Crippen molar-refractivity contribution in [3.8, 4) is 0 Å². The third kappa shape index (κ3) is 3.87. The van der Waals surface area contributed by atoms with E-state index in [4.69, 9.17) is 5.11 Å². The van der Waals surface area contributed by atoms with Crippen LogP contribution in [0.3, 0.4) is 0 Å². The number of nitrogens with one attached hydrogen (secondary N) is 1. The number of carbonyl (C=O) groups is 2. The van der Waals surface area contributed by atoms with Crippen molar-refractivity contribution in [2.45, 2.75) is 19.3 Å². The number of rotatable bonds is 4. The van der Waals surface area contributed by atoms with E-state index in [1.807, 2.05) is 0 Å². The van der Waals surface area contributed by atoms with Crippen molar-refractivity contribution in [1.29, 1.82) is 0 Å². The Morgan fingerprint density at radius 2 is 2.06 bits per heavy atom. The highest BCUT2D eigenvalue weighted by atomic mass is 16.4. The SMILES string of the molecule is O=C(O)CN(CC1CC1)C(=O)N1CCCNCC1. The second kappa shape index (κ2) is 6.04. The van der Waals surface area contributed by atoms with Gasteiger partial charge in [0.25, 0.3) is 0 Å². The van der Waals surface area contributed by atoms with E-state index in [2.05, 4.69) is 5.32 Å². The number of carboxylic acid groups (broad SMARTS) is 1. The van der Waals surface area contributed by atoms with E-state index in [0.29, 0.717) is 25.6 Å². The van der Waals surface area contributed by atoms with Gasteiger partial charge in [-0.1, -0.05) is 0 Å². The quantitative estimate of drug-likeness (QED) is 0.752. The number of amides is 2. The van der Waals surface area contributed by atoms with Crippen LogP contribution < -0.4 is 5.32 Å². The van der Waals surface area contributed by atoms with Gasteiger partial charge in [0.1, 0.15) is 6.54 Å². The van der Waals surface area contributed by atoms with Crippen LogP contribution >= 0.6 is 0 Å². The number of urea groups is 1. The lowest BCUT2D eigenvalue weighted by molar-refractivity contribution is -0.137. The highest BCUT2D eigenvalue weighted by Gasteiger charge is 2.30. The maximum Gasteiger partial charge on any atom is 0.323 e. The minimum absolute atomic E-state index is 0.118. The molecule has 2 amide bonds. The average molecular weight is 255 g/mol. The third-order valence-electron chi connectivity index (χ3n) is 3.38. The number of hydrogen-bond acceptors (Lipinski definition) is 3. The Bertz CT molecular complexity index is 310. The van der Waals surface area contributed by atoms with Crippen molar-refractivity contribution in [2.75, 3.05) is 39.3 Å². The summed E-state index contributed by atoms with van der Waals surface area (Å²) >= 11 is 0. The van der Waals surface area contributed by atoms with Crippen molar-refractivity contribution in [3.63, 3.8) is 0 Å². The fraction of sp³-hybridized carbons (Fsp3) is 0.833. The molecule has 0 unspecified atom stereocenters. The maximum absolute atomic E-state index is 12.3. The summed E-state index contributed by atoms with van der Waals surface area (Å²) in [5.74, 6) is -0.421. The van der Waals surface area contributed by atoms with Gasteiger partial charge < -0.3 is 20.2 Å². The zero-order chi connectivity index (χ0) is 13.0. The highest BCUT2D eigenvalue weighted by molar-refractivity contribution is 5.80. The van der Waals surface area contributed by atoms with Gasteiger partial charge in [-0.15, -0.1) is 0 Å². The molecule has 0 radical (unpaired) electrons. The molecule has 1 heterocycles. The second-order valence-corrected chi connectivity index (χ2v) is 5.09. The third-order valence-corrected chi connectivity index (χ3v) is 3.38. The zero-order valence-electron chi connectivity index (χ0n) is 10.6. The lowest BCUT2D eigenvalue weighted by Crippen LogP contribution is -2.47. The molecule has 1 saturated heterocycles. The van der Waals surface area contributed by atoms with E-state index < -0.39 is 5.97 Å². The molecule has 1 aliphatic carbocycles. The molecular weight excluding hydrogens is 234 g/mol. The molecule has 2 N–H and O–H groups in total. The summed E-state index contributed by atoms with van der Waals surface area (Å²) in [4.78, 5) is 26.4. The Balaban J connectivity index is 1.93. The molecule has 2 aliphatic rings. The largest absolute Gasteiger partial charge is 0.480 e. The van der Waals surface area contributed by atoms with Gasteiger partial charge in [0.15, 0.2) is 0 Å². The molecule has 1 aliphatic heterocycles. The van der Waals surface area contributed by atoms with Gasteiger partial charge in [-0.05, 0) is 31.7 Å². The molecule has 6 nitrogen and oxygen atoms in total. The van der Waals surface area contributed by atoms with Crippen LogP contribution in [0.15, 0.2) is 0 Å². The van der Waals surface area contributed by atoms with E-state index >= 15 is 0 Å². The fourth-order valence-corrected chi connectivity index (χ4v) is 2.22. The van der Waals surface area contributed by atoms with Gasteiger partial charge >= 0.3 is 12.0 Å². The number of aliphatic carboxylic acids is 1. The first-order valence-corrected chi connectivity index (χ1v) is 6.63. The summed E-state index contributed by atoms with van der Waals surface area (Å²) < 4.78 is 0. The summed E-state index contributed by atoms with van der Waals surface area (Å²) in [5, 5.41) is 12.1. The molecule has 0 spiro atoms. The second-order valence-electron chi connectivity index (χ2n) is 5.09. The summed E-state index contributed by atoms with van der Waals surface area (Å²) in [6.45, 7) is 3.50. The fourth-order valence-electron chi connectivity index (χ4n) is 2.22. The van der Waals surface area contributed by atoms with E-state index in [1.54, 1.807) is 4.90 Å². The van der Waals surface area contributed by atoms with Crippen LogP contribution in [-0.4, -0.2) is 66.2 Å². The molecule has 0 aromatic heterocycles. The van der Waals surface area contributed by atoms with Crippen LogP contribution in [0.4, 0.5) is 4.79 Å². The molecule has 0 bridgehead atoms. The van der Waals surface area contributed by atoms with E-state index in [1.165, 1.54) is 4.90 Å². The first-order chi connectivity index (χ1) is 8.66. The van der Waals surface area contributed by atoms with Gasteiger partial charge in [-0.25, -0.2) is 4.79 Å². The zero-order valence-corrected chi connectivity index (χ0v) is 10.6. The standard InChI is InChI=1S/C12H21N3O3/c16-11(17)9-15(8-10-2-3-10)12(18)14-6-1-4-13-5-7-14/h10,13H,1-9H2,(H,16,17).